The number of nitrogens with zero attached hydrogens (tertiary/aromatic N) is 4. The van der Waals surface area contributed by atoms with E-state index in [0.29, 0.717) is 34.3 Å². The molecule has 1 N–H and O–H groups in total. The Hall–Kier alpha value is -3.54. The van der Waals surface area contributed by atoms with Crippen LogP contribution in [0.15, 0.2) is 48.5 Å². The van der Waals surface area contributed by atoms with Gasteiger partial charge in [-0.15, -0.1) is 0 Å². The van der Waals surface area contributed by atoms with E-state index in [1.165, 1.54) is 4.90 Å². The van der Waals surface area contributed by atoms with Gasteiger partial charge in [-0.05, 0) is 87.2 Å². The number of benzene rings is 2. The van der Waals surface area contributed by atoms with Crippen molar-refractivity contribution >= 4 is 46.5 Å². The molecule has 2 saturated heterocycles. The molecule has 0 aliphatic carbocycles. The molecule has 0 unspecified atom stereocenters. The summed E-state index contributed by atoms with van der Waals surface area (Å²) < 4.78 is 10.3. The number of piperazine rings is 1. The maximum absolute atomic E-state index is 13.7. The van der Waals surface area contributed by atoms with Gasteiger partial charge in [0, 0.05) is 38.4 Å². The fourth-order valence-corrected chi connectivity index (χ4v) is 5.56. The van der Waals surface area contributed by atoms with Gasteiger partial charge in [0.05, 0.1) is 31.4 Å². The van der Waals surface area contributed by atoms with Crippen LogP contribution in [-0.2, 0) is 14.3 Å². The highest BCUT2D eigenvalue weighted by Gasteiger charge is 2.44. The Kier molecular flexibility index (Phi) is 10.7. The average Bonchev–Trinajstić information content (AvgIpc) is 3.21. The first-order valence-corrected chi connectivity index (χ1v) is 14.6. The second-order valence-corrected chi connectivity index (χ2v) is 10.4. The number of methoxy groups -OCH3 is 1. The first kappa shape index (κ1) is 30.4. The van der Waals surface area contributed by atoms with Crippen molar-refractivity contribution in [1.82, 2.24) is 14.7 Å². The van der Waals surface area contributed by atoms with Gasteiger partial charge in [-0.25, -0.2) is 4.79 Å². The molecule has 11 heteroatoms. The van der Waals surface area contributed by atoms with E-state index in [1.807, 2.05) is 4.90 Å². The molecule has 2 aliphatic heterocycles. The molecule has 0 aromatic heterocycles. The molecule has 2 amide bonds. The van der Waals surface area contributed by atoms with E-state index < -0.39 is 12.0 Å². The van der Waals surface area contributed by atoms with Crippen LogP contribution in [0.25, 0.3) is 0 Å². The van der Waals surface area contributed by atoms with Gasteiger partial charge in [0.15, 0.2) is 5.11 Å². The summed E-state index contributed by atoms with van der Waals surface area (Å²) in [6.45, 7) is 10.9. The lowest BCUT2D eigenvalue weighted by atomic mass is 10.1. The molecule has 41 heavy (non-hydrogen) atoms. The van der Waals surface area contributed by atoms with E-state index in [4.69, 9.17) is 21.7 Å². The lowest BCUT2D eigenvalue weighted by Gasteiger charge is -2.34. The van der Waals surface area contributed by atoms with Crippen LogP contribution in [0.2, 0.25) is 0 Å². The second-order valence-electron chi connectivity index (χ2n) is 10.0. The van der Waals surface area contributed by atoms with Crippen LogP contribution in [0.1, 0.15) is 37.0 Å². The zero-order valence-corrected chi connectivity index (χ0v) is 24.8. The van der Waals surface area contributed by atoms with E-state index in [0.717, 1.165) is 45.7 Å². The van der Waals surface area contributed by atoms with Crippen molar-refractivity contribution in [2.75, 3.05) is 69.7 Å². The Balaban J connectivity index is 1.47. The Bertz CT molecular complexity index is 1210. The number of likely N-dealkylation sites (N-methyl/N-ethyl adjacent to an activating group) is 1. The minimum Gasteiger partial charge on any atom is -0.497 e. The zero-order chi connectivity index (χ0) is 29.4. The molecule has 4 rings (SSSR count). The first-order valence-electron chi connectivity index (χ1n) is 14.1. The third-order valence-electron chi connectivity index (χ3n) is 7.49. The molecule has 2 aromatic carbocycles. The summed E-state index contributed by atoms with van der Waals surface area (Å²) in [4.78, 5) is 47.1. The van der Waals surface area contributed by atoms with E-state index in [1.54, 1.807) is 62.6 Å². The number of hydrogen-bond acceptors (Lipinski definition) is 8. The summed E-state index contributed by atoms with van der Waals surface area (Å²) in [6, 6.07) is 12.9. The number of nitrogens with one attached hydrogen (secondary N) is 1. The predicted octanol–water partition coefficient (Wildman–Crippen LogP) is 3.23. The topological polar surface area (TPSA) is 94.7 Å². The summed E-state index contributed by atoms with van der Waals surface area (Å²) in [5.74, 6) is -0.285. The molecule has 220 valence electrons. The standard InChI is InChI=1S/C30H39N5O5S/c1-4-32-17-19-33(20-18-32)15-6-16-34-26(21-27(36)31-23-9-13-25(39-3)14-10-23)28(37)35(30(34)41)24-11-7-22(8-12-24)29(38)40-5-2/h7-14,26H,4-6,15-21H2,1-3H3,(H,31,36)/t26-/m1/s1. The minimum atomic E-state index is -0.734. The van der Waals surface area contributed by atoms with Crippen molar-refractivity contribution < 1.29 is 23.9 Å². The van der Waals surface area contributed by atoms with Crippen LogP contribution in [-0.4, -0.2) is 103 Å². The van der Waals surface area contributed by atoms with Crippen LogP contribution >= 0.6 is 12.2 Å². The number of rotatable bonds is 12. The van der Waals surface area contributed by atoms with Gasteiger partial charge in [0.25, 0.3) is 5.91 Å². The lowest BCUT2D eigenvalue weighted by Crippen LogP contribution is -2.47. The summed E-state index contributed by atoms with van der Waals surface area (Å²) in [7, 11) is 1.58. The predicted molar refractivity (Wildman–Crippen MR) is 162 cm³/mol. The molecule has 10 nitrogen and oxygen atoms in total. The monoisotopic (exact) mass is 581 g/mol. The molecule has 2 aromatic rings. The Labute approximate surface area is 247 Å². The highest BCUT2D eigenvalue weighted by Crippen LogP contribution is 2.28. The van der Waals surface area contributed by atoms with Gasteiger partial charge in [0.1, 0.15) is 11.8 Å². The number of thiocarbonyl (C=S) groups is 1. The average molecular weight is 582 g/mol. The van der Waals surface area contributed by atoms with Crippen molar-refractivity contribution in [1.29, 1.82) is 0 Å². The van der Waals surface area contributed by atoms with Crippen molar-refractivity contribution in [3.05, 3.63) is 54.1 Å². The summed E-state index contributed by atoms with van der Waals surface area (Å²) in [5.41, 5.74) is 1.56. The molecule has 0 spiro atoms. The van der Waals surface area contributed by atoms with E-state index in [-0.39, 0.29) is 24.8 Å². The number of carbonyl (C=O) groups excluding carboxylic acids is 3. The van der Waals surface area contributed by atoms with Gasteiger partial charge < -0.3 is 29.5 Å². The van der Waals surface area contributed by atoms with E-state index >= 15 is 0 Å². The normalized spacial score (nSPS) is 18.1. The quantitative estimate of drug-likeness (QED) is 0.300. The molecule has 0 bridgehead atoms. The number of ether oxygens (including phenoxy) is 2. The van der Waals surface area contributed by atoms with Crippen LogP contribution in [0, 0.1) is 0 Å². The highest BCUT2D eigenvalue weighted by molar-refractivity contribution is 7.80. The molecule has 2 fully saturated rings. The highest BCUT2D eigenvalue weighted by atomic mass is 32.1. The molecule has 0 saturated carbocycles. The number of anilines is 2. The minimum absolute atomic E-state index is 0.0441. The van der Waals surface area contributed by atoms with Crippen molar-refractivity contribution in [2.45, 2.75) is 32.7 Å². The maximum atomic E-state index is 13.7. The molecule has 2 aliphatic rings. The summed E-state index contributed by atoms with van der Waals surface area (Å²) >= 11 is 5.81. The van der Waals surface area contributed by atoms with Crippen LogP contribution in [0.3, 0.4) is 0 Å². The molecule has 1 atom stereocenters. The van der Waals surface area contributed by atoms with Gasteiger partial charge in [-0.1, -0.05) is 6.92 Å². The Morgan fingerprint density at radius 1 is 0.951 bits per heavy atom. The Morgan fingerprint density at radius 3 is 2.22 bits per heavy atom. The van der Waals surface area contributed by atoms with Crippen molar-refractivity contribution in [2.24, 2.45) is 0 Å². The summed E-state index contributed by atoms with van der Waals surface area (Å²) in [5, 5.41) is 3.24. The van der Waals surface area contributed by atoms with Gasteiger partial charge >= 0.3 is 5.97 Å². The maximum Gasteiger partial charge on any atom is 0.338 e. The third-order valence-corrected chi connectivity index (χ3v) is 7.91. The SMILES string of the molecule is CCOC(=O)c1ccc(N2C(=O)[C@@H](CC(=O)Nc3ccc(OC)cc3)N(CCCN3CCN(CC)CC3)C2=S)cc1. The molecule has 0 radical (unpaired) electrons. The molecule has 2 heterocycles. The molecular formula is C30H39N5O5S. The van der Waals surface area contributed by atoms with Crippen molar-refractivity contribution in [3.63, 3.8) is 0 Å². The van der Waals surface area contributed by atoms with Crippen LogP contribution < -0.4 is 15.0 Å². The smallest absolute Gasteiger partial charge is 0.338 e. The fraction of sp³-hybridized carbons (Fsp3) is 0.467. The largest absolute Gasteiger partial charge is 0.497 e. The third kappa shape index (κ3) is 7.60. The molecular weight excluding hydrogens is 542 g/mol. The van der Waals surface area contributed by atoms with Crippen LogP contribution in [0.4, 0.5) is 11.4 Å². The number of hydrogen-bond donors (Lipinski definition) is 1. The van der Waals surface area contributed by atoms with Gasteiger partial charge in [-0.2, -0.15) is 0 Å². The van der Waals surface area contributed by atoms with Gasteiger partial charge in [0.2, 0.25) is 5.91 Å². The van der Waals surface area contributed by atoms with E-state index in [9.17, 15) is 14.4 Å². The Morgan fingerprint density at radius 2 is 1.61 bits per heavy atom. The first-order chi connectivity index (χ1) is 19.8. The summed E-state index contributed by atoms with van der Waals surface area (Å²) in [6.07, 6.45) is 0.767. The zero-order valence-electron chi connectivity index (χ0n) is 24.0. The number of carbonyl (C=O) groups is 3. The van der Waals surface area contributed by atoms with Crippen molar-refractivity contribution in [3.8, 4) is 5.75 Å². The van der Waals surface area contributed by atoms with E-state index in [2.05, 4.69) is 22.0 Å². The lowest BCUT2D eigenvalue weighted by molar-refractivity contribution is -0.124. The van der Waals surface area contributed by atoms with Gasteiger partial charge in [-0.3, -0.25) is 14.5 Å². The fourth-order valence-electron chi connectivity index (χ4n) is 5.14. The second kappa shape index (κ2) is 14.4. The number of amides is 2. The van der Waals surface area contributed by atoms with Crippen LogP contribution in [0.5, 0.6) is 5.75 Å². The number of esters is 1.